The molecule has 0 spiro atoms. The van der Waals surface area contributed by atoms with Crippen LogP contribution in [0.3, 0.4) is 0 Å². The van der Waals surface area contributed by atoms with E-state index in [1.807, 2.05) is 43.7 Å². The van der Waals surface area contributed by atoms with Crippen molar-refractivity contribution in [2.45, 2.75) is 40.3 Å². The zero-order valence-electron chi connectivity index (χ0n) is 13.3. The maximum atomic E-state index is 9.84. The molecule has 114 valence electrons. The van der Waals surface area contributed by atoms with Gasteiger partial charge in [-0.3, -0.25) is 0 Å². The first-order valence-corrected chi connectivity index (χ1v) is 7.50. The van der Waals surface area contributed by atoms with Crippen LogP contribution in [0.4, 0.5) is 0 Å². The predicted molar refractivity (Wildman–Crippen MR) is 85.6 cm³/mol. The Balaban J connectivity index is 2.10. The Kier molecular flexibility index (Phi) is 5.15. The Labute approximate surface area is 126 Å². The van der Waals surface area contributed by atoms with E-state index in [1.165, 1.54) is 5.56 Å². The first-order chi connectivity index (χ1) is 10.0. The van der Waals surface area contributed by atoms with E-state index in [4.69, 9.17) is 0 Å². The number of nitrogens with one attached hydrogen (secondary N) is 1. The Morgan fingerprint density at radius 1 is 1.19 bits per heavy atom. The second-order valence-electron chi connectivity index (χ2n) is 5.84. The van der Waals surface area contributed by atoms with Gasteiger partial charge in [0.25, 0.3) is 0 Å². The van der Waals surface area contributed by atoms with Crippen LogP contribution in [0.5, 0.6) is 0 Å². The first kappa shape index (κ1) is 15.7. The van der Waals surface area contributed by atoms with Gasteiger partial charge in [0.1, 0.15) is 0 Å². The van der Waals surface area contributed by atoms with Gasteiger partial charge in [-0.1, -0.05) is 32.0 Å². The fourth-order valence-corrected chi connectivity index (χ4v) is 2.33. The SMILES string of the molecule is Cc1nn(-c2ccccc2)c(C)c1CNCC(O)C(C)C. The number of para-hydroxylation sites is 1. The summed E-state index contributed by atoms with van der Waals surface area (Å²) < 4.78 is 1.98. The van der Waals surface area contributed by atoms with E-state index in [0.29, 0.717) is 6.54 Å². The van der Waals surface area contributed by atoms with Crippen LogP contribution in [-0.4, -0.2) is 27.5 Å². The van der Waals surface area contributed by atoms with Crippen molar-refractivity contribution in [3.05, 3.63) is 47.3 Å². The lowest BCUT2D eigenvalue weighted by Crippen LogP contribution is -2.30. The van der Waals surface area contributed by atoms with Crippen LogP contribution in [0.1, 0.15) is 30.8 Å². The number of aryl methyl sites for hydroxylation is 1. The molecule has 1 aromatic heterocycles. The van der Waals surface area contributed by atoms with E-state index < -0.39 is 0 Å². The molecule has 2 N–H and O–H groups in total. The predicted octanol–water partition coefficient (Wildman–Crippen LogP) is 2.60. The van der Waals surface area contributed by atoms with E-state index in [-0.39, 0.29) is 12.0 Å². The second-order valence-corrected chi connectivity index (χ2v) is 5.84. The minimum Gasteiger partial charge on any atom is -0.392 e. The molecule has 0 bridgehead atoms. The molecule has 1 atom stereocenters. The first-order valence-electron chi connectivity index (χ1n) is 7.50. The number of aromatic nitrogens is 2. The smallest absolute Gasteiger partial charge is 0.0687 e. The number of nitrogens with zero attached hydrogens (tertiary/aromatic N) is 2. The fraction of sp³-hybridized carbons (Fsp3) is 0.471. The molecule has 0 saturated carbocycles. The molecule has 0 amide bonds. The van der Waals surface area contributed by atoms with Crippen LogP contribution in [-0.2, 0) is 6.54 Å². The third-order valence-corrected chi connectivity index (χ3v) is 3.87. The molecule has 0 saturated heterocycles. The van der Waals surface area contributed by atoms with Gasteiger partial charge in [0, 0.05) is 24.3 Å². The molecule has 1 unspecified atom stereocenters. The second kappa shape index (κ2) is 6.87. The highest BCUT2D eigenvalue weighted by Crippen LogP contribution is 2.17. The highest BCUT2D eigenvalue weighted by Gasteiger charge is 2.13. The summed E-state index contributed by atoms with van der Waals surface area (Å²) in [6, 6.07) is 10.1. The Morgan fingerprint density at radius 2 is 1.86 bits per heavy atom. The summed E-state index contributed by atoms with van der Waals surface area (Å²) in [7, 11) is 0. The number of benzene rings is 1. The van der Waals surface area contributed by atoms with Crippen LogP contribution >= 0.6 is 0 Å². The zero-order chi connectivity index (χ0) is 15.4. The quantitative estimate of drug-likeness (QED) is 0.858. The van der Waals surface area contributed by atoms with Crippen molar-refractivity contribution in [3.63, 3.8) is 0 Å². The molecular weight excluding hydrogens is 262 g/mol. The molecular formula is C17H25N3O. The molecule has 0 fully saturated rings. The Morgan fingerprint density at radius 3 is 2.48 bits per heavy atom. The average molecular weight is 287 g/mol. The van der Waals surface area contributed by atoms with Crippen molar-refractivity contribution in [1.82, 2.24) is 15.1 Å². The van der Waals surface area contributed by atoms with Crippen molar-refractivity contribution in [2.75, 3.05) is 6.54 Å². The molecule has 4 heteroatoms. The maximum Gasteiger partial charge on any atom is 0.0687 e. The minimum atomic E-state index is -0.310. The third-order valence-electron chi connectivity index (χ3n) is 3.87. The van der Waals surface area contributed by atoms with E-state index in [0.717, 1.165) is 23.6 Å². The molecule has 2 rings (SSSR count). The van der Waals surface area contributed by atoms with Crippen LogP contribution in [0.25, 0.3) is 5.69 Å². The van der Waals surface area contributed by atoms with Gasteiger partial charge >= 0.3 is 0 Å². The van der Waals surface area contributed by atoms with Gasteiger partial charge in [0.15, 0.2) is 0 Å². The van der Waals surface area contributed by atoms with Crippen molar-refractivity contribution >= 4 is 0 Å². The summed E-state index contributed by atoms with van der Waals surface area (Å²) in [6.45, 7) is 9.50. The monoisotopic (exact) mass is 287 g/mol. The van der Waals surface area contributed by atoms with Gasteiger partial charge in [-0.25, -0.2) is 4.68 Å². The van der Waals surface area contributed by atoms with Gasteiger partial charge in [0.05, 0.1) is 17.5 Å². The largest absolute Gasteiger partial charge is 0.392 e. The number of hydrogen-bond donors (Lipinski definition) is 2. The van der Waals surface area contributed by atoms with Crippen LogP contribution in [0.15, 0.2) is 30.3 Å². The van der Waals surface area contributed by atoms with Crippen molar-refractivity contribution in [2.24, 2.45) is 5.92 Å². The highest BCUT2D eigenvalue weighted by molar-refractivity contribution is 5.36. The molecule has 0 aliphatic rings. The van der Waals surface area contributed by atoms with Gasteiger partial charge in [0.2, 0.25) is 0 Å². The Bertz CT molecular complexity index is 575. The third kappa shape index (κ3) is 3.71. The molecule has 2 aromatic rings. The van der Waals surface area contributed by atoms with Crippen molar-refractivity contribution < 1.29 is 5.11 Å². The minimum absolute atomic E-state index is 0.270. The lowest BCUT2D eigenvalue weighted by molar-refractivity contribution is 0.123. The maximum absolute atomic E-state index is 9.84. The lowest BCUT2D eigenvalue weighted by atomic mass is 10.1. The average Bonchev–Trinajstić information content (AvgIpc) is 2.75. The lowest BCUT2D eigenvalue weighted by Gasteiger charge is -2.15. The number of hydrogen-bond acceptors (Lipinski definition) is 3. The molecule has 1 aromatic carbocycles. The summed E-state index contributed by atoms with van der Waals surface area (Å²) in [4.78, 5) is 0. The Hall–Kier alpha value is -1.65. The van der Waals surface area contributed by atoms with E-state index in [2.05, 4.69) is 29.5 Å². The number of aliphatic hydroxyl groups is 1. The normalized spacial score (nSPS) is 12.9. The zero-order valence-corrected chi connectivity index (χ0v) is 13.3. The van der Waals surface area contributed by atoms with E-state index in [9.17, 15) is 5.11 Å². The number of rotatable bonds is 6. The summed E-state index contributed by atoms with van der Waals surface area (Å²) >= 11 is 0. The van der Waals surface area contributed by atoms with Gasteiger partial charge in [-0.2, -0.15) is 5.10 Å². The molecule has 0 aliphatic carbocycles. The summed E-state index contributed by atoms with van der Waals surface area (Å²) in [5.41, 5.74) is 4.45. The standard InChI is InChI=1S/C17H25N3O/c1-12(2)17(21)11-18-10-16-13(3)19-20(14(16)4)15-8-6-5-7-9-15/h5-9,12,17-18,21H,10-11H2,1-4H3. The summed E-state index contributed by atoms with van der Waals surface area (Å²) in [6.07, 6.45) is -0.310. The van der Waals surface area contributed by atoms with E-state index in [1.54, 1.807) is 0 Å². The molecule has 1 heterocycles. The molecule has 0 radical (unpaired) electrons. The fourth-order valence-electron chi connectivity index (χ4n) is 2.33. The van der Waals surface area contributed by atoms with Crippen molar-refractivity contribution in [1.29, 1.82) is 0 Å². The van der Waals surface area contributed by atoms with Crippen molar-refractivity contribution in [3.8, 4) is 5.69 Å². The van der Waals surface area contributed by atoms with Crippen LogP contribution < -0.4 is 5.32 Å². The summed E-state index contributed by atoms with van der Waals surface area (Å²) in [5.74, 6) is 0.270. The molecule has 21 heavy (non-hydrogen) atoms. The van der Waals surface area contributed by atoms with Crippen LogP contribution in [0, 0.1) is 19.8 Å². The van der Waals surface area contributed by atoms with Crippen LogP contribution in [0.2, 0.25) is 0 Å². The van der Waals surface area contributed by atoms with Gasteiger partial charge in [-0.05, 0) is 31.9 Å². The molecule has 0 aliphatic heterocycles. The van der Waals surface area contributed by atoms with Gasteiger partial charge < -0.3 is 10.4 Å². The number of aliphatic hydroxyl groups excluding tert-OH is 1. The van der Waals surface area contributed by atoms with Gasteiger partial charge in [-0.15, -0.1) is 0 Å². The molecule has 4 nitrogen and oxygen atoms in total. The summed E-state index contributed by atoms with van der Waals surface area (Å²) in [5, 5.41) is 17.8. The topological polar surface area (TPSA) is 50.1 Å². The highest BCUT2D eigenvalue weighted by atomic mass is 16.3. The van der Waals surface area contributed by atoms with E-state index >= 15 is 0 Å².